The van der Waals surface area contributed by atoms with Crippen molar-refractivity contribution >= 4 is 41.9 Å². The fraction of sp³-hybridized carbons (Fsp3) is 0.647. The van der Waals surface area contributed by atoms with Gasteiger partial charge in [-0.25, -0.2) is 9.97 Å². The van der Waals surface area contributed by atoms with Gasteiger partial charge in [-0.05, 0) is 26.3 Å². The van der Waals surface area contributed by atoms with Crippen molar-refractivity contribution in [1.29, 1.82) is 0 Å². The van der Waals surface area contributed by atoms with Gasteiger partial charge >= 0.3 is 5.97 Å². The third kappa shape index (κ3) is 7.30. The van der Waals surface area contributed by atoms with Crippen molar-refractivity contribution in [3.63, 3.8) is 0 Å². The number of halogens is 1. The summed E-state index contributed by atoms with van der Waals surface area (Å²) in [5.41, 5.74) is 0. The third-order valence-corrected chi connectivity index (χ3v) is 3.85. The van der Waals surface area contributed by atoms with Crippen LogP contribution in [0.3, 0.4) is 0 Å². The minimum absolute atomic E-state index is 0. The van der Waals surface area contributed by atoms with Crippen molar-refractivity contribution < 1.29 is 9.53 Å². The van der Waals surface area contributed by atoms with Gasteiger partial charge in [-0.15, -0.1) is 24.0 Å². The first-order valence-electron chi connectivity index (χ1n) is 8.95. The van der Waals surface area contributed by atoms with Gasteiger partial charge in [-0.3, -0.25) is 9.79 Å². The maximum Gasteiger partial charge on any atom is 0.305 e. The van der Waals surface area contributed by atoms with E-state index in [0.29, 0.717) is 26.0 Å². The minimum Gasteiger partial charge on any atom is -0.466 e. The molecule has 1 saturated heterocycles. The lowest BCUT2D eigenvalue weighted by Crippen LogP contribution is -2.53. The van der Waals surface area contributed by atoms with E-state index in [1.165, 1.54) is 0 Å². The van der Waals surface area contributed by atoms with Crippen LogP contribution in [0, 0.1) is 0 Å². The number of nitrogens with one attached hydrogen (secondary N) is 1. The molecule has 0 spiro atoms. The predicted octanol–water partition coefficient (Wildman–Crippen LogP) is 1.53. The Morgan fingerprint density at radius 2 is 1.92 bits per heavy atom. The molecule has 8 nitrogen and oxygen atoms in total. The van der Waals surface area contributed by atoms with Gasteiger partial charge in [0, 0.05) is 58.1 Å². The lowest BCUT2D eigenvalue weighted by Gasteiger charge is -2.36. The summed E-state index contributed by atoms with van der Waals surface area (Å²) in [5, 5.41) is 3.33. The number of nitrogens with zero attached hydrogens (tertiary/aromatic N) is 5. The molecule has 1 aliphatic heterocycles. The molecule has 0 bridgehead atoms. The van der Waals surface area contributed by atoms with Crippen LogP contribution in [0.1, 0.15) is 26.7 Å². The average Bonchev–Trinajstić information content (AvgIpc) is 2.65. The Hall–Kier alpha value is -1.65. The van der Waals surface area contributed by atoms with Crippen LogP contribution in [-0.2, 0) is 9.53 Å². The van der Waals surface area contributed by atoms with E-state index in [2.05, 4.69) is 37.0 Å². The lowest BCUT2D eigenvalue weighted by molar-refractivity contribution is -0.143. The van der Waals surface area contributed by atoms with Crippen LogP contribution >= 0.6 is 24.0 Å². The van der Waals surface area contributed by atoms with Crippen molar-refractivity contribution in [2.45, 2.75) is 26.7 Å². The summed E-state index contributed by atoms with van der Waals surface area (Å²) in [4.78, 5) is 29.1. The number of esters is 1. The average molecular weight is 476 g/mol. The van der Waals surface area contributed by atoms with Crippen molar-refractivity contribution in [1.82, 2.24) is 20.2 Å². The summed E-state index contributed by atoms with van der Waals surface area (Å²) >= 11 is 0. The van der Waals surface area contributed by atoms with Crippen molar-refractivity contribution in [3.05, 3.63) is 18.5 Å². The van der Waals surface area contributed by atoms with Crippen LogP contribution in [-0.4, -0.2) is 72.7 Å². The van der Waals surface area contributed by atoms with E-state index >= 15 is 0 Å². The first-order valence-corrected chi connectivity index (χ1v) is 8.95. The van der Waals surface area contributed by atoms with E-state index in [4.69, 9.17) is 4.74 Å². The molecule has 0 unspecified atom stereocenters. The number of carbonyl (C=O) groups excluding carboxylic acids is 1. The van der Waals surface area contributed by atoms with Gasteiger partial charge < -0.3 is 19.9 Å². The zero-order valence-corrected chi connectivity index (χ0v) is 17.9. The van der Waals surface area contributed by atoms with E-state index in [0.717, 1.165) is 44.6 Å². The molecule has 0 atom stereocenters. The molecule has 2 rings (SSSR count). The summed E-state index contributed by atoms with van der Waals surface area (Å²) in [6, 6.07) is 1.83. The van der Waals surface area contributed by atoms with Gasteiger partial charge in [0.1, 0.15) is 0 Å². The topological polar surface area (TPSA) is 83.0 Å². The second-order valence-electron chi connectivity index (χ2n) is 5.67. The van der Waals surface area contributed by atoms with Crippen LogP contribution in [0.2, 0.25) is 0 Å². The third-order valence-electron chi connectivity index (χ3n) is 3.85. The highest BCUT2D eigenvalue weighted by atomic mass is 127. The Balaban J connectivity index is 0.00000338. The fourth-order valence-corrected chi connectivity index (χ4v) is 2.64. The molecule has 0 saturated carbocycles. The van der Waals surface area contributed by atoms with E-state index in [-0.39, 0.29) is 29.9 Å². The SMILES string of the molecule is CCNC(=NCCCC(=O)OCC)N1CCN(c2ncccn2)CC1.I. The number of ether oxygens (including phenoxy) is 1. The highest BCUT2D eigenvalue weighted by Crippen LogP contribution is 2.10. The monoisotopic (exact) mass is 476 g/mol. The van der Waals surface area contributed by atoms with Crippen LogP contribution < -0.4 is 10.2 Å². The van der Waals surface area contributed by atoms with E-state index in [1.54, 1.807) is 12.4 Å². The Kier molecular flexibility index (Phi) is 10.9. The second-order valence-corrected chi connectivity index (χ2v) is 5.67. The Morgan fingerprint density at radius 3 is 2.54 bits per heavy atom. The molecule has 2 heterocycles. The highest BCUT2D eigenvalue weighted by molar-refractivity contribution is 14.0. The largest absolute Gasteiger partial charge is 0.466 e. The lowest BCUT2D eigenvalue weighted by atomic mass is 10.3. The number of hydrogen-bond acceptors (Lipinski definition) is 6. The number of carbonyl (C=O) groups is 1. The number of anilines is 1. The summed E-state index contributed by atoms with van der Waals surface area (Å²) in [7, 11) is 0. The number of aliphatic imine (C=N–C) groups is 1. The summed E-state index contributed by atoms with van der Waals surface area (Å²) in [6.07, 6.45) is 4.65. The molecule has 1 aromatic heterocycles. The zero-order chi connectivity index (χ0) is 17.9. The summed E-state index contributed by atoms with van der Waals surface area (Å²) < 4.78 is 4.94. The van der Waals surface area contributed by atoms with E-state index < -0.39 is 0 Å². The van der Waals surface area contributed by atoms with Gasteiger partial charge in [0.25, 0.3) is 0 Å². The smallest absolute Gasteiger partial charge is 0.305 e. The second kappa shape index (κ2) is 12.7. The Labute approximate surface area is 172 Å². The molecule has 1 N–H and O–H groups in total. The van der Waals surface area contributed by atoms with Gasteiger partial charge in [0.05, 0.1) is 6.61 Å². The van der Waals surface area contributed by atoms with Crippen LogP contribution in [0.5, 0.6) is 0 Å². The number of piperazine rings is 1. The number of guanidine groups is 1. The Morgan fingerprint density at radius 1 is 1.23 bits per heavy atom. The highest BCUT2D eigenvalue weighted by Gasteiger charge is 2.20. The standard InChI is InChI=1S/C17H28N6O2.HI/c1-3-18-16(19-8-5-7-15(24)25-4-2)22-11-13-23(14-12-22)17-20-9-6-10-21-17;/h6,9-10H,3-5,7-8,11-14H2,1-2H3,(H,18,19);1H. The predicted molar refractivity (Wildman–Crippen MR) is 113 cm³/mol. The Bertz CT molecular complexity index is 549. The number of aromatic nitrogens is 2. The van der Waals surface area contributed by atoms with Gasteiger partial charge in [-0.2, -0.15) is 0 Å². The maximum absolute atomic E-state index is 11.4. The van der Waals surface area contributed by atoms with Crippen molar-refractivity contribution in [2.24, 2.45) is 4.99 Å². The molecule has 0 aromatic carbocycles. The molecule has 0 radical (unpaired) electrons. The van der Waals surface area contributed by atoms with Crippen molar-refractivity contribution in [2.75, 3.05) is 50.8 Å². The summed E-state index contributed by atoms with van der Waals surface area (Å²) in [5.74, 6) is 1.53. The maximum atomic E-state index is 11.4. The normalized spacial score (nSPS) is 14.6. The number of hydrogen-bond donors (Lipinski definition) is 1. The molecular weight excluding hydrogens is 447 g/mol. The first kappa shape index (κ1) is 22.4. The number of rotatable bonds is 7. The van der Waals surface area contributed by atoms with Gasteiger partial charge in [-0.1, -0.05) is 0 Å². The van der Waals surface area contributed by atoms with Crippen LogP contribution in [0.15, 0.2) is 23.5 Å². The van der Waals surface area contributed by atoms with Crippen molar-refractivity contribution in [3.8, 4) is 0 Å². The van der Waals surface area contributed by atoms with E-state index in [1.807, 2.05) is 13.0 Å². The molecule has 0 amide bonds. The quantitative estimate of drug-likeness (QED) is 0.210. The molecule has 9 heteroatoms. The molecule has 0 aliphatic carbocycles. The molecule has 1 fully saturated rings. The van der Waals surface area contributed by atoms with E-state index in [9.17, 15) is 4.79 Å². The minimum atomic E-state index is -0.154. The zero-order valence-electron chi connectivity index (χ0n) is 15.6. The van der Waals surface area contributed by atoms with Gasteiger partial charge in [0.15, 0.2) is 5.96 Å². The molecule has 146 valence electrons. The van der Waals surface area contributed by atoms with Gasteiger partial charge in [0.2, 0.25) is 5.95 Å². The molecule has 26 heavy (non-hydrogen) atoms. The molecular formula is C17H29IN6O2. The summed E-state index contributed by atoms with van der Waals surface area (Å²) in [6.45, 7) is 9.18. The molecule has 1 aliphatic rings. The first-order chi connectivity index (χ1) is 12.2. The van der Waals surface area contributed by atoms with Crippen LogP contribution in [0.4, 0.5) is 5.95 Å². The molecule has 1 aromatic rings. The fourth-order valence-electron chi connectivity index (χ4n) is 2.64. The van der Waals surface area contributed by atoms with Crippen LogP contribution in [0.25, 0.3) is 0 Å².